The molecule has 53 valence electrons. The molecule has 0 aliphatic rings. The van der Waals surface area contributed by atoms with Crippen LogP contribution in [0.5, 0.6) is 0 Å². The molecule has 0 saturated carbocycles. The lowest BCUT2D eigenvalue weighted by molar-refractivity contribution is 0.772. The highest BCUT2D eigenvalue weighted by Gasteiger charge is 1.94. The average Bonchev–Trinajstić information content (AvgIpc) is 1.95. The van der Waals surface area contributed by atoms with Crippen molar-refractivity contribution in [1.82, 2.24) is 4.57 Å². The third kappa shape index (κ3) is 1.29. The van der Waals surface area contributed by atoms with Crippen molar-refractivity contribution in [1.29, 1.82) is 0 Å². The minimum absolute atomic E-state index is 0.0301. The molecule has 0 N–H and O–H groups in total. The van der Waals surface area contributed by atoms with Crippen LogP contribution in [0.1, 0.15) is 0 Å². The molecule has 0 aromatic carbocycles. The molecule has 1 aromatic rings. The number of hydrogen-bond donors (Lipinski definition) is 0. The van der Waals surface area contributed by atoms with Crippen molar-refractivity contribution in [3.63, 3.8) is 0 Å². The first kappa shape index (κ1) is 7.54. The van der Waals surface area contributed by atoms with Crippen LogP contribution in [0.15, 0.2) is 27.6 Å². The molecule has 0 saturated heterocycles. The molecule has 0 bridgehead atoms. The Balaban J connectivity index is 3.28. The molecule has 0 amide bonds. The Bertz CT molecular complexity index is 279. The molecule has 1 rings (SSSR count). The van der Waals surface area contributed by atoms with Gasteiger partial charge in [0.1, 0.15) is 0 Å². The predicted molar refractivity (Wildman–Crippen MR) is 43.8 cm³/mol. The average molecular weight is 201 g/mol. The molecule has 0 atom stereocenters. The largest absolute Gasteiger partial charge is 0.315 e. The Kier molecular flexibility index (Phi) is 2.27. The van der Waals surface area contributed by atoms with Crippen molar-refractivity contribution in [2.24, 2.45) is 0 Å². The molecule has 1 radical (unpaired) electrons. The lowest BCUT2D eigenvalue weighted by Crippen LogP contribution is -2.18. The highest BCUT2D eigenvalue weighted by molar-refractivity contribution is 9.10. The van der Waals surface area contributed by atoms with Gasteiger partial charge >= 0.3 is 0 Å². The SMILES string of the molecule is [CH2]Cn1cccc(Br)c1=O. The van der Waals surface area contributed by atoms with Crippen molar-refractivity contribution in [3.8, 4) is 0 Å². The van der Waals surface area contributed by atoms with Gasteiger partial charge in [-0.15, -0.1) is 0 Å². The predicted octanol–water partition coefficient (Wildman–Crippen LogP) is 1.44. The zero-order valence-corrected chi connectivity index (χ0v) is 6.97. The molecule has 0 aliphatic heterocycles. The highest BCUT2D eigenvalue weighted by atomic mass is 79.9. The smallest absolute Gasteiger partial charge is 0.264 e. The van der Waals surface area contributed by atoms with Crippen LogP contribution in [0.2, 0.25) is 0 Å². The topological polar surface area (TPSA) is 22.0 Å². The molecular weight excluding hydrogens is 194 g/mol. The van der Waals surface area contributed by atoms with Gasteiger partial charge in [0.25, 0.3) is 5.56 Å². The van der Waals surface area contributed by atoms with Crippen LogP contribution < -0.4 is 5.56 Å². The molecule has 2 nitrogen and oxygen atoms in total. The Morgan fingerprint density at radius 2 is 2.40 bits per heavy atom. The third-order valence-electron chi connectivity index (χ3n) is 1.21. The molecule has 0 aliphatic carbocycles. The van der Waals surface area contributed by atoms with Crippen LogP contribution in [0.4, 0.5) is 0 Å². The Labute approximate surface area is 67.6 Å². The summed E-state index contributed by atoms with van der Waals surface area (Å²) in [6, 6.07) is 3.52. The van der Waals surface area contributed by atoms with Crippen molar-refractivity contribution in [2.45, 2.75) is 6.54 Å². The van der Waals surface area contributed by atoms with E-state index >= 15 is 0 Å². The van der Waals surface area contributed by atoms with E-state index in [2.05, 4.69) is 22.9 Å². The first-order valence-corrected chi connectivity index (χ1v) is 3.69. The second kappa shape index (κ2) is 3.01. The van der Waals surface area contributed by atoms with E-state index in [0.29, 0.717) is 11.0 Å². The van der Waals surface area contributed by atoms with Gasteiger partial charge in [-0.1, -0.05) is 0 Å². The summed E-state index contributed by atoms with van der Waals surface area (Å²) < 4.78 is 2.11. The summed E-state index contributed by atoms with van der Waals surface area (Å²) in [6.45, 7) is 4.07. The van der Waals surface area contributed by atoms with Gasteiger partial charge in [-0.05, 0) is 35.0 Å². The van der Waals surface area contributed by atoms with Crippen LogP contribution in [-0.2, 0) is 6.54 Å². The Morgan fingerprint density at radius 3 is 2.90 bits per heavy atom. The minimum atomic E-state index is -0.0301. The zero-order valence-electron chi connectivity index (χ0n) is 5.38. The fourth-order valence-corrected chi connectivity index (χ4v) is 1.06. The van der Waals surface area contributed by atoms with E-state index in [0.717, 1.165) is 0 Å². The normalized spacial score (nSPS) is 9.80. The van der Waals surface area contributed by atoms with Crippen LogP contribution in [0.25, 0.3) is 0 Å². The number of pyridine rings is 1. The summed E-state index contributed by atoms with van der Waals surface area (Å²) in [5.41, 5.74) is -0.0301. The van der Waals surface area contributed by atoms with Crippen molar-refractivity contribution >= 4 is 15.9 Å². The van der Waals surface area contributed by atoms with E-state index in [1.54, 1.807) is 18.3 Å². The summed E-state index contributed by atoms with van der Waals surface area (Å²) in [7, 11) is 0. The lowest BCUT2D eigenvalue weighted by Gasteiger charge is -1.98. The number of nitrogens with zero attached hydrogens (tertiary/aromatic N) is 1. The molecule has 10 heavy (non-hydrogen) atoms. The van der Waals surface area contributed by atoms with Gasteiger partial charge in [-0.3, -0.25) is 4.79 Å². The van der Waals surface area contributed by atoms with E-state index in [9.17, 15) is 4.79 Å². The molecule has 1 aromatic heterocycles. The molecule has 0 spiro atoms. The van der Waals surface area contributed by atoms with Gasteiger partial charge < -0.3 is 4.57 Å². The lowest BCUT2D eigenvalue weighted by atomic mass is 10.5. The second-order valence-corrected chi connectivity index (χ2v) is 2.71. The number of aromatic nitrogens is 1. The summed E-state index contributed by atoms with van der Waals surface area (Å²) >= 11 is 3.13. The van der Waals surface area contributed by atoms with Crippen molar-refractivity contribution in [2.75, 3.05) is 0 Å². The quantitative estimate of drug-likeness (QED) is 0.673. The van der Waals surface area contributed by atoms with Gasteiger partial charge in [0, 0.05) is 12.7 Å². The van der Waals surface area contributed by atoms with E-state index in [-0.39, 0.29) is 5.56 Å². The van der Waals surface area contributed by atoms with Gasteiger partial charge in [0.15, 0.2) is 0 Å². The second-order valence-electron chi connectivity index (χ2n) is 1.85. The van der Waals surface area contributed by atoms with Crippen molar-refractivity contribution < 1.29 is 0 Å². The van der Waals surface area contributed by atoms with Gasteiger partial charge in [-0.25, -0.2) is 0 Å². The maximum atomic E-state index is 11.1. The van der Waals surface area contributed by atoms with E-state index in [1.807, 2.05) is 0 Å². The minimum Gasteiger partial charge on any atom is -0.315 e. The summed E-state index contributed by atoms with van der Waals surface area (Å²) in [6.07, 6.45) is 1.71. The number of rotatable bonds is 1. The summed E-state index contributed by atoms with van der Waals surface area (Å²) in [5, 5.41) is 0. The monoisotopic (exact) mass is 200 g/mol. The zero-order chi connectivity index (χ0) is 7.56. The fraction of sp³-hybridized carbons (Fsp3) is 0.143. The maximum Gasteiger partial charge on any atom is 0.264 e. The van der Waals surface area contributed by atoms with Crippen LogP contribution in [0, 0.1) is 6.92 Å². The molecular formula is C7H7BrNO. The molecule has 1 heterocycles. The van der Waals surface area contributed by atoms with Crippen LogP contribution in [-0.4, -0.2) is 4.57 Å². The maximum absolute atomic E-state index is 11.1. The fourth-order valence-electron chi connectivity index (χ4n) is 0.684. The molecule has 0 unspecified atom stereocenters. The number of hydrogen-bond acceptors (Lipinski definition) is 1. The molecule has 0 fully saturated rings. The highest BCUT2D eigenvalue weighted by Crippen LogP contribution is 1.99. The number of halogens is 1. The first-order valence-electron chi connectivity index (χ1n) is 2.90. The standard InChI is InChI=1S/C7H7BrNO/c1-2-9-5-3-4-6(8)7(9)10/h3-5H,1-2H2. The van der Waals surface area contributed by atoms with Gasteiger partial charge in [-0.2, -0.15) is 0 Å². The third-order valence-corrected chi connectivity index (χ3v) is 1.82. The van der Waals surface area contributed by atoms with Gasteiger partial charge in [0.05, 0.1) is 4.47 Å². The van der Waals surface area contributed by atoms with Crippen molar-refractivity contribution in [3.05, 3.63) is 40.1 Å². The summed E-state index contributed by atoms with van der Waals surface area (Å²) in [5.74, 6) is 0. The first-order chi connectivity index (χ1) is 4.75. The Morgan fingerprint density at radius 1 is 1.70 bits per heavy atom. The summed E-state index contributed by atoms with van der Waals surface area (Å²) in [4.78, 5) is 11.1. The van der Waals surface area contributed by atoms with E-state index < -0.39 is 0 Å². The van der Waals surface area contributed by atoms with E-state index in [4.69, 9.17) is 0 Å². The van der Waals surface area contributed by atoms with E-state index in [1.165, 1.54) is 4.57 Å². The van der Waals surface area contributed by atoms with Gasteiger partial charge in [0.2, 0.25) is 0 Å². The molecule has 3 heteroatoms. The Hall–Kier alpha value is -0.570. The van der Waals surface area contributed by atoms with Crippen LogP contribution in [0.3, 0.4) is 0 Å². The van der Waals surface area contributed by atoms with Crippen LogP contribution >= 0.6 is 15.9 Å².